The summed E-state index contributed by atoms with van der Waals surface area (Å²) >= 11 is 0. The van der Waals surface area contributed by atoms with Crippen molar-refractivity contribution < 1.29 is 28.6 Å². The summed E-state index contributed by atoms with van der Waals surface area (Å²) < 4.78 is 16.9. The number of allylic oxidation sites excluding steroid dienone is 10. The molecule has 0 aromatic rings. The Bertz CT molecular complexity index is 1250. The van der Waals surface area contributed by atoms with E-state index in [1.165, 1.54) is 186 Å². The van der Waals surface area contributed by atoms with Gasteiger partial charge in [0.05, 0.1) is 0 Å². The van der Waals surface area contributed by atoms with Crippen molar-refractivity contribution in [1.82, 2.24) is 0 Å². The molecule has 6 heteroatoms. The Labute approximate surface area is 428 Å². The van der Waals surface area contributed by atoms with Gasteiger partial charge in [-0.25, -0.2) is 0 Å². The molecule has 0 bridgehead atoms. The van der Waals surface area contributed by atoms with E-state index in [1.807, 2.05) is 0 Å². The summed E-state index contributed by atoms with van der Waals surface area (Å²) in [6, 6.07) is 0. The summed E-state index contributed by atoms with van der Waals surface area (Å²) in [5.74, 6) is -0.887. The first-order chi connectivity index (χ1) is 34.0. The summed E-state index contributed by atoms with van der Waals surface area (Å²) in [7, 11) is 0. The van der Waals surface area contributed by atoms with Crippen molar-refractivity contribution in [2.75, 3.05) is 13.2 Å². The second kappa shape index (κ2) is 57.7. The summed E-state index contributed by atoms with van der Waals surface area (Å²) in [6.45, 7) is 6.58. The number of carbonyl (C=O) groups is 3. The number of rotatable bonds is 54. The predicted octanol–water partition coefficient (Wildman–Crippen LogP) is 20.0. The molecule has 0 N–H and O–H groups in total. The van der Waals surface area contributed by atoms with E-state index < -0.39 is 6.10 Å². The van der Waals surface area contributed by atoms with Gasteiger partial charge in [-0.1, -0.05) is 242 Å². The highest BCUT2D eigenvalue weighted by Gasteiger charge is 2.19. The molecular formula is C63H112O6. The zero-order valence-corrected chi connectivity index (χ0v) is 45.8. The van der Waals surface area contributed by atoms with E-state index in [-0.39, 0.29) is 31.1 Å². The third kappa shape index (κ3) is 55.9. The van der Waals surface area contributed by atoms with Gasteiger partial charge >= 0.3 is 17.9 Å². The monoisotopic (exact) mass is 965 g/mol. The number of hydrogen-bond acceptors (Lipinski definition) is 6. The SMILES string of the molecule is CCCC/C=C\CCCCCCCC(=O)OCC(COC(=O)CCCCCCCCCCC/C=C\C/C=C\CCCCCCC)OC(=O)CCCCCCCCCCC/C=C\C/C=C\CCCCC. The van der Waals surface area contributed by atoms with Crippen LogP contribution in [0.25, 0.3) is 0 Å². The molecule has 1 unspecified atom stereocenters. The lowest BCUT2D eigenvalue weighted by molar-refractivity contribution is -0.167. The fourth-order valence-corrected chi connectivity index (χ4v) is 8.43. The maximum Gasteiger partial charge on any atom is 0.306 e. The van der Waals surface area contributed by atoms with Gasteiger partial charge in [-0.05, 0) is 103 Å². The molecule has 69 heavy (non-hydrogen) atoms. The molecule has 0 heterocycles. The molecule has 0 aromatic heterocycles. The highest BCUT2D eigenvalue weighted by atomic mass is 16.6. The van der Waals surface area contributed by atoms with Crippen LogP contribution in [0.3, 0.4) is 0 Å². The first-order valence-electron chi connectivity index (χ1n) is 29.8. The van der Waals surface area contributed by atoms with Crippen LogP contribution in [0.15, 0.2) is 60.8 Å². The lowest BCUT2D eigenvalue weighted by Crippen LogP contribution is -2.30. The van der Waals surface area contributed by atoms with Gasteiger partial charge in [-0.3, -0.25) is 14.4 Å². The third-order valence-corrected chi connectivity index (χ3v) is 13.0. The zero-order valence-electron chi connectivity index (χ0n) is 45.8. The molecule has 0 aromatic carbocycles. The van der Waals surface area contributed by atoms with Crippen molar-refractivity contribution in [3.8, 4) is 0 Å². The molecule has 0 aliphatic carbocycles. The van der Waals surface area contributed by atoms with Crippen molar-refractivity contribution >= 4 is 17.9 Å². The maximum absolute atomic E-state index is 12.9. The average Bonchev–Trinajstić information content (AvgIpc) is 3.35. The van der Waals surface area contributed by atoms with Gasteiger partial charge in [0.1, 0.15) is 13.2 Å². The molecule has 0 radical (unpaired) electrons. The largest absolute Gasteiger partial charge is 0.462 e. The van der Waals surface area contributed by atoms with Crippen molar-refractivity contribution in [2.45, 2.75) is 309 Å². The normalized spacial score (nSPS) is 12.4. The van der Waals surface area contributed by atoms with Crippen LogP contribution < -0.4 is 0 Å². The Balaban J connectivity index is 4.31. The number of ether oxygens (including phenoxy) is 3. The standard InChI is InChI=1S/C63H112O6/c1-4-7-10-13-16-19-22-24-26-28-30-31-33-34-36-38-41-44-47-50-53-56-62(65)68-59-60(58-67-61(64)55-52-49-46-43-40-21-18-15-12-9-6-3)69-63(66)57-54-51-48-45-42-39-37-35-32-29-27-25-23-20-17-14-11-8-5-2/h15,17-18,20,22,24-25,27-28,30,60H,4-14,16,19,21,23,26,29,31-59H2,1-3H3/b18-15-,20-17-,24-22-,27-25-,30-28-. The summed E-state index contributed by atoms with van der Waals surface area (Å²) in [5.41, 5.74) is 0. The third-order valence-electron chi connectivity index (χ3n) is 13.0. The second-order valence-electron chi connectivity index (χ2n) is 19.9. The maximum atomic E-state index is 12.9. The van der Waals surface area contributed by atoms with E-state index in [0.29, 0.717) is 19.3 Å². The Morgan fingerprint density at radius 1 is 0.290 bits per heavy atom. The Kier molecular flexibility index (Phi) is 55.3. The van der Waals surface area contributed by atoms with Crippen LogP contribution in [0.4, 0.5) is 0 Å². The van der Waals surface area contributed by atoms with Crippen LogP contribution in [0.2, 0.25) is 0 Å². The van der Waals surface area contributed by atoms with Crippen LogP contribution in [0.5, 0.6) is 0 Å². The smallest absolute Gasteiger partial charge is 0.306 e. The highest BCUT2D eigenvalue weighted by Crippen LogP contribution is 2.16. The molecular weight excluding hydrogens is 853 g/mol. The van der Waals surface area contributed by atoms with E-state index >= 15 is 0 Å². The topological polar surface area (TPSA) is 78.9 Å². The molecule has 0 aliphatic heterocycles. The minimum atomic E-state index is -0.781. The predicted molar refractivity (Wildman–Crippen MR) is 298 cm³/mol. The van der Waals surface area contributed by atoms with E-state index in [1.54, 1.807) is 0 Å². The first kappa shape index (κ1) is 66.1. The van der Waals surface area contributed by atoms with Crippen molar-refractivity contribution in [2.24, 2.45) is 0 Å². The van der Waals surface area contributed by atoms with Crippen molar-refractivity contribution in [3.63, 3.8) is 0 Å². The Morgan fingerprint density at radius 3 is 0.884 bits per heavy atom. The molecule has 0 rings (SSSR count). The number of esters is 3. The van der Waals surface area contributed by atoms with Crippen LogP contribution in [0, 0.1) is 0 Å². The van der Waals surface area contributed by atoms with E-state index in [0.717, 1.165) is 77.0 Å². The number of carbonyl (C=O) groups excluding carboxylic acids is 3. The molecule has 0 spiro atoms. The lowest BCUT2D eigenvalue weighted by Gasteiger charge is -2.18. The summed E-state index contributed by atoms with van der Waals surface area (Å²) in [5, 5.41) is 0. The average molecular weight is 966 g/mol. The molecule has 400 valence electrons. The second-order valence-corrected chi connectivity index (χ2v) is 19.9. The van der Waals surface area contributed by atoms with Crippen LogP contribution in [0.1, 0.15) is 303 Å². The molecule has 0 fully saturated rings. The molecule has 6 nitrogen and oxygen atoms in total. The first-order valence-corrected chi connectivity index (χ1v) is 29.8. The van der Waals surface area contributed by atoms with Gasteiger partial charge in [0.25, 0.3) is 0 Å². The minimum Gasteiger partial charge on any atom is -0.462 e. The number of unbranched alkanes of at least 4 members (excludes halogenated alkanes) is 33. The summed E-state index contributed by atoms with van der Waals surface area (Å²) in [6.07, 6.45) is 72.1. The van der Waals surface area contributed by atoms with Gasteiger partial charge in [0.2, 0.25) is 0 Å². The van der Waals surface area contributed by atoms with Crippen molar-refractivity contribution in [1.29, 1.82) is 0 Å². The van der Waals surface area contributed by atoms with E-state index in [9.17, 15) is 14.4 Å². The highest BCUT2D eigenvalue weighted by molar-refractivity contribution is 5.71. The van der Waals surface area contributed by atoms with E-state index in [4.69, 9.17) is 14.2 Å². The van der Waals surface area contributed by atoms with Crippen LogP contribution in [-0.2, 0) is 28.6 Å². The zero-order chi connectivity index (χ0) is 50.0. The molecule has 0 aliphatic rings. The molecule has 0 saturated carbocycles. The van der Waals surface area contributed by atoms with Crippen molar-refractivity contribution in [3.05, 3.63) is 60.8 Å². The van der Waals surface area contributed by atoms with Gasteiger partial charge in [-0.2, -0.15) is 0 Å². The van der Waals surface area contributed by atoms with Gasteiger partial charge in [-0.15, -0.1) is 0 Å². The van der Waals surface area contributed by atoms with Crippen LogP contribution >= 0.6 is 0 Å². The molecule has 1 atom stereocenters. The van der Waals surface area contributed by atoms with Crippen LogP contribution in [-0.4, -0.2) is 37.2 Å². The van der Waals surface area contributed by atoms with Gasteiger partial charge < -0.3 is 14.2 Å². The fourth-order valence-electron chi connectivity index (χ4n) is 8.43. The molecule has 0 saturated heterocycles. The quantitative estimate of drug-likeness (QED) is 0.0262. The molecule has 0 amide bonds. The Morgan fingerprint density at radius 2 is 0.536 bits per heavy atom. The lowest BCUT2D eigenvalue weighted by atomic mass is 10.1. The van der Waals surface area contributed by atoms with E-state index in [2.05, 4.69) is 81.5 Å². The number of hydrogen-bond donors (Lipinski definition) is 0. The Hall–Kier alpha value is -2.89. The summed E-state index contributed by atoms with van der Waals surface area (Å²) in [4.78, 5) is 38.2. The van der Waals surface area contributed by atoms with Gasteiger partial charge in [0, 0.05) is 19.3 Å². The minimum absolute atomic E-state index is 0.0797. The van der Waals surface area contributed by atoms with Gasteiger partial charge in [0.15, 0.2) is 6.10 Å². The fraction of sp³-hybridized carbons (Fsp3) is 0.794.